The fourth-order valence-corrected chi connectivity index (χ4v) is 5.02. The van der Waals surface area contributed by atoms with Crippen LogP contribution in [0.5, 0.6) is 0 Å². The predicted octanol–water partition coefficient (Wildman–Crippen LogP) is 5.15. The molecule has 3 heterocycles. The van der Waals surface area contributed by atoms with Gasteiger partial charge in [-0.25, -0.2) is 4.98 Å². The van der Waals surface area contributed by atoms with Gasteiger partial charge >= 0.3 is 0 Å². The Bertz CT molecular complexity index is 885. The monoisotopic (exact) mass is 458 g/mol. The number of benzene rings is 1. The number of halogens is 1. The van der Waals surface area contributed by atoms with Crippen molar-refractivity contribution in [1.82, 2.24) is 10.3 Å². The minimum Gasteiger partial charge on any atom is -0.381 e. The molecule has 166 valence electrons. The molecule has 0 amide bonds. The third-order valence-electron chi connectivity index (χ3n) is 6.58. The molecule has 4 rings (SSSR count). The highest BCUT2D eigenvalue weighted by Crippen LogP contribution is 2.35. The Morgan fingerprint density at radius 1 is 1.26 bits per heavy atom. The molecule has 1 aromatic carbocycles. The van der Waals surface area contributed by atoms with Crippen LogP contribution in [-0.4, -0.2) is 42.4 Å². The zero-order valence-corrected chi connectivity index (χ0v) is 19.6. The number of piperidine rings is 1. The van der Waals surface area contributed by atoms with Gasteiger partial charge in [0.25, 0.3) is 0 Å². The number of hydrogen-bond donors (Lipinski definition) is 2. The van der Waals surface area contributed by atoms with Gasteiger partial charge in [-0.2, -0.15) is 0 Å². The SMILES string of the molecule is C[C@H]1CCCCN1c1ccc(NC(=S)NCC2(c3cccc(Cl)c3)CCOCC2)cn1. The number of thiocarbonyl (C=S) groups is 1. The molecule has 2 aromatic rings. The smallest absolute Gasteiger partial charge is 0.170 e. The van der Waals surface area contributed by atoms with Crippen LogP contribution in [0, 0.1) is 0 Å². The average Bonchev–Trinajstić information content (AvgIpc) is 2.79. The lowest BCUT2D eigenvalue weighted by Gasteiger charge is -2.38. The van der Waals surface area contributed by atoms with Crippen molar-refractivity contribution in [3.8, 4) is 0 Å². The van der Waals surface area contributed by atoms with Crippen molar-refractivity contribution in [3.63, 3.8) is 0 Å². The maximum atomic E-state index is 6.27. The molecule has 1 aromatic heterocycles. The van der Waals surface area contributed by atoms with Crippen molar-refractivity contribution >= 4 is 40.4 Å². The van der Waals surface area contributed by atoms with Crippen LogP contribution in [0.4, 0.5) is 11.5 Å². The fourth-order valence-electron chi connectivity index (χ4n) is 4.64. The summed E-state index contributed by atoms with van der Waals surface area (Å²) in [6, 6.07) is 12.8. The van der Waals surface area contributed by atoms with Gasteiger partial charge in [0.05, 0.1) is 11.9 Å². The molecule has 2 aliphatic rings. The van der Waals surface area contributed by atoms with Gasteiger partial charge in [0.2, 0.25) is 0 Å². The summed E-state index contributed by atoms with van der Waals surface area (Å²) in [6.07, 6.45) is 7.51. The Morgan fingerprint density at radius 2 is 2.10 bits per heavy atom. The van der Waals surface area contributed by atoms with E-state index in [1.54, 1.807) is 0 Å². The second-order valence-electron chi connectivity index (χ2n) is 8.65. The van der Waals surface area contributed by atoms with Crippen molar-refractivity contribution in [2.24, 2.45) is 0 Å². The van der Waals surface area contributed by atoms with Crippen molar-refractivity contribution in [2.45, 2.75) is 50.5 Å². The molecule has 5 nitrogen and oxygen atoms in total. The van der Waals surface area contributed by atoms with E-state index < -0.39 is 0 Å². The van der Waals surface area contributed by atoms with Crippen LogP contribution in [0.1, 0.15) is 44.6 Å². The second-order valence-corrected chi connectivity index (χ2v) is 9.50. The summed E-state index contributed by atoms with van der Waals surface area (Å²) in [4.78, 5) is 7.06. The van der Waals surface area contributed by atoms with Gasteiger partial charge < -0.3 is 20.3 Å². The lowest BCUT2D eigenvalue weighted by molar-refractivity contribution is 0.0515. The number of ether oxygens (including phenoxy) is 1. The molecular weight excluding hydrogens is 428 g/mol. The van der Waals surface area contributed by atoms with E-state index in [0.29, 0.717) is 11.2 Å². The first kappa shape index (κ1) is 22.3. The summed E-state index contributed by atoms with van der Waals surface area (Å²) in [6.45, 7) is 5.58. The van der Waals surface area contributed by atoms with Gasteiger partial charge in [0.1, 0.15) is 5.82 Å². The predicted molar refractivity (Wildman–Crippen MR) is 132 cm³/mol. The Hall–Kier alpha value is -1.89. The molecule has 0 saturated carbocycles. The molecule has 2 N–H and O–H groups in total. The third-order valence-corrected chi connectivity index (χ3v) is 7.06. The van der Waals surface area contributed by atoms with E-state index in [0.717, 1.165) is 55.7 Å². The van der Waals surface area contributed by atoms with Gasteiger partial charge in [0.15, 0.2) is 5.11 Å². The number of pyridine rings is 1. The van der Waals surface area contributed by atoms with Crippen LogP contribution in [0.25, 0.3) is 0 Å². The Labute approximate surface area is 195 Å². The zero-order chi connectivity index (χ0) is 21.7. The molecule has 2 fully saturated rings. The maximum Gasteiger partial charge on any atom is 0.170 e. The summed E-state index contributed by atoms with van der Waals surface area (Å²) in [7, 11) is 0. The van der Waals surface area contributed by atoms with Gasteiger partial charge in [-0.1, -0.05) is 23.7 Å². The quantitative estimate of drug-likeness (QED) is 0.604. The normalized spacial score (nSPS) is 20.8. The lowest BCUT2D eigenvalue weighted by atomic mass is 9.74. The van der Waals surface area contributed by atoms with E-state index in [2.05, 4.69) is 51.7 Å². The number of aromatic nitrogens is 1. The molecule has 0 radical (unpaired) electrons. The minimum absolute atomic E-state index is 0.0403. The summed E-state index contributed by atoms with van der Waals surface area (Å²) < 4.78 is 5.63. The van der Waals surface area contributed by atoms with E-state index in [-0.39, 0.29) is 5.41 Å². The number of rotatable bonds is 5. The van der Waals surface area contributed by atoms with E-state index in [1.807, 2.05) is 18.3 Å². The molecule has 31 heavy (non-hydrogen) atoms. The first-order valence-electron chi connectivity index (χ1n) is 11.2. The Kier molecular flexibility index (Phi) is 7.31. The summed E-state index contributed by atoms with van der Waals surface area (Å²) in [5.74, 6) is 1.04. The van der Waals surface area contributed by atoms with Gasteiger partial charge in [-0.15, -0.1) is 0 Å². The van der Waals surface area contributed by atoms with Crippen LogP contribution in [0.15, 0.2) is 42.6 Å². The summed E-state index contributed by atoms with van der Waals surface area (Å²) in [5, 5.41) is 8.08. The van der Waals surface area contributed by atoms with Gasteiger partial charge in [-0.3, -0.25) is 0 Å². The van der Waals surface area contributed by atoms with Crippen LogP contribution in [0.2, 0.25) is 5.02 Å². The lowest BCUT2D eigenvalue weighted by Crippen LogP contribution is -2.45. The number of nitrogens with one attached hydrogen (secondary N) is 2. The molecule has 2 saturated heterocycles. The van der Waals surface area contributed by atoms with Crippen LogP contribution < -0.4 is 15.5 Å². The molecule has 0 bridgehead atoms. The summed E-state index contributed by atoms with van der Waals surface area (Å²) in [5.41, 5.74) is 2.09. The largest absolute Gasteiger partial charge is 0.381 e. The molecule has 0 unspecified atom stereocenters. The van der Waals surface area contributed by atoms with Crippen molar-refractivity contribution < 1.29 is 4.74 Å². The highest BCUT2D eigenvalue weighted by Gasteiger charge is 2.34. The minimum atomic E-state index is -0.0403. The van der Waals surface area contributed by atoms with Crippen molar-refractivity contribution in [2.75, 3.05) is 36.5 Å². The van der Waals surface area contributed by atoms with E-state index in [4.69, 9.17) is 28.6 Å². The number of hydrogen-bond acceptors (Lipinski definition) is 4. The Balaban J connectivity index is 1.37. The zero-order valence-electron chi connectivity index (χ0n) is 18.1. The highest BCUT2D eigenvalue weighted by atomic mass is 35.5. The Morgan fingerprint density at radius 3 is 2.81 bits per heavy atom. The molecule has 2 aliphatic heterocycles. The van der Waals surface area contributed by atoms with E-state index in [1.165, 1.54) is 24.8 Å². The molecular formula is C24H31ClN4OS. The van der Waals surface area contributed by atoms with Crippen molar-refractivity contribution in [3.05, 3.63) is 53.2 Å². The van der Waals surface area contributed by atoms with Gasteiger partial charge in [-0.05, 0) is 81.1 Å². The third kappa shape index (κ3) is 5.48. The maximum absolute atomic E-state index is 6.27. The number of anilines is 2. The van der Waals surface area contributed by atoms with Crippen LogP contribution in [0.3, 0.4) is 0 Å². The topological polar surface area (TPSA) is 49.4 Å². The molecule has 7 heteroatoms. The van der Waals surface area contributed by atoms with Crippen LogP contribution in [-0.2, 0) is 10.2 Å². The first-order valence-corrected chi connectivity index (χ1v) is 12.0. The van der Waals surface area contributed by atoms with E-state index >= 15 is 0 Å². The van der Waals surface area contributed by atoms with Crippen molar-refractivity contribution in [1.29, 1.82) is 0 Å². The standard InChI is InChI=1S/C24H31ClN4OS/c1-18-5-2-3-12-29(18)22-9-8-21(16-26-22)28-23(31)27-17-24(10-13-30-14-11-24)19-6-4-7-20(25)15-19/h4,6-9,15-16,18H,2-3,5,10-14,17H2,1H3,(H2,27,28,31)/t18-/m0/s1. The average molecular weight is 459 g/mol. The molecule has 0 spiro atoms. The van der Waals surface area contributed by atoms with Gasteiger partial charge in [0, 0.05) is 42.8 Å². The summed E-state index contributed by atoms with van der Waals surface area (Å²) >= 11 is 11.9. The highest BCUT2D eigenvalue weighted by molar-refractivity contribution is 7.80. The second kappa shape index (κ2) is 10.2. The van der Waals surface area contributed by atoms with E-state index in [9.17, 15) is 0 Å². The number of nitrogens with zero attached hydrogens (tertiary/aromatic N) is 2. The molecule has 0 aliphatic carbocycles. The van der Waals surface area contributed by atoms with Crippen LogP contribution >= 0.6 is 23.8 Å². The first-order chi connectivity index (χ1) is 15.1. The fraction of sp³-hybridized carbons (Fsp3) is 0.500. The molecule has 1 atom stereocenters.